The summed E-state index contributed by atoms with van der Waals surface area (Å²) in [7, 11) is 0. The number of nitrogens with one attached hydrogen (secondary N) is 1. The Bertz CT molecular complexity index is 1600. The molecule has 1 fully saturated rings. The van der Waals surface area contributed by atoms with E-state index in [1.54, 1.807) is 0 Å². The van der Waals surface area contributed by atoms with Crippen LogP contribution in [0.3, 0.4) is 0 Å². The number of nitrogens with zero attached hydrogens (tertiary/aromatic N) is 1. The summed E-state index contributed by atoms with van der Waals surface area (Å²) in [5, 5.41) is 3.55. The van der Waals surface area contributed by atoms with E-state index in [1.807, 2.05) is 54.6 Å². The lowest BCUT2D eigenvalue weighted by atomic mass is 9.77. The first kappa shape index (κ1) is 23.8. The second-order valence-electron chi connectivity index (χ2n) is 11.1. The predicted octanol–water partition coefficient (Wildman–Crippen LogP) is 7.79. The number of rotatable bonds is 4. The molecule has 3 heterocycles. The van der Waals surface area contributed by atoms with Gasteiger partial charge in [0.05, 0.1) is 5.56 Å². The average molecular weight is 517 g/mol. The lowest BCUT2D eigenvalue weighted by Crippen LogP contribution is -2.33. The number of carbonyl (C=O) groups is 1. The summed E-state index contributed by atoms with van der Waals surface area (Å²) in [4.78, 5) is 15.8. The first-order chi connectivity index (χ1) is 19.0. The van der Waals surface area contributed by atoms with Crippen molar-refractivity contribution in [3.63, 3.8) is 0 Å². The van der Waals surface area contributed by atoms with Crippen molar-refractivity contribution in [2.24, 2.45) is 11.8 Å². The van der Waals surface area contributed by atoms with Crippen molar-refractivity contribution in [1.29, 1.82) is 0 Å². The van der Waals surface area contributed by atoms with Crippen LogP contribution in [0.15, 0.2) is 84.9 Å². The maximum absolute atomic E-state index is 13.3. The van der Waals surface area contributed by atoms with Crippen LogP contribution >= 0.6 is 0 Å². The molecule has 0 aliphatic carbocycles. The Morgan fingerprint density at radius 2 is 1.67 bits per heavy atom. The molecule has 1 N–H and O–H groups in total. The topological polar surface area (TPSA) is 50.8 Å². The lowest BCUT2D eigenvalue weighted by molar-refractivity contribution is 0.0224. The number of benzene rings is 4. The molecule has 0 saturated carbocycles. The zero-order chi connectivity index (χ0) is 26.7. The predicted molar refractivity (Wildman–Crippen MR) is 154 cm³/mol. The molecule has 4 aromatic rings. The minimum atomic E-state index is -1.08. The third kappa shape index (κ3) is 3.63. The molecular weight excluding hydrogens is 484 g/mol. The Hall–Kier alpha value is -4.25. The van der Waals surface area contributed by atoms with Crippen LogP contribution in [0.1, 0.15) is 52.9 Å². The van der Waals surface area contributed by atoms with E-state index < -0.39 is 5.60 Å². The maximum Gasteiger partial charge on any atom is 0.340 e. The van der Waals surface area contributed by atoms with Crippen LogP contribution in [0.5, 0.6) is 11.5 Å². The zero-order valence-electron chi connectivity index (χ0n) is 22.5. The number of aryl methyl sites for hydroxylation is 1. The first-order valence-electron chi connectivity index (χ1n) is 13.8. The molecular formula is C34H32N2O3. The fraction of sp³-hybridized carbons (Fsp3) is 0.265. The number of ether oxygens (including phenoxy) is 2. The van der Waals surface area contributed by atoms with E-state index >= 15 is 0 Å². The van der Waals surface area contributed by atoms with Crippen LogP contribution in [-0.4, -0.2) is 19.1 Å². The Balaban J connectivity index is 1.39. The van der Waals surface area contributed by atoms with Crippen molar-refractivity contribution in [3.05, 3.63) is 113 Å². The van der Waals surface area contributed by atoms with Gasteiger partial charge in [0.2, 0.25) is 0 Å². The molecule has 4 aromatic carbocycles. The number of hydrogen-bond donors (Lipinski definition) is 1. The van der Waals surface area contributed by atoms with E-state index in [-0.39, 0.29) is 5.97 Å². The normalized spacial score (nSPS) is 22.6. The monoisotopic (exact) mass is 516 g/mol. The minimum Gasteiger partial charge on any atom is -0.456 e. The van der Waals surface area contributed by atoms with Gasteiger partial charge >= 0.3 is 5.97 Å². The van der Waals surface area contributed by atoms with E-state index in [2.05, 4.69) is 61.3 Å². The number of para-hydroxylation sites is 1. The number of fused-ring (bicyclic) bond motifs is 6. The van der Waals surface area contributed by atoms with Crippen LogP contribution in [-0.2, 0) is 10.3 Å². The van der Waals surface area contributed by atoms with E-state index in [0.717, 1.165) is 58.2 Å². The first-order valence-corrected chi connectivity index (χ1v) is 13.8. The highest BCUT2D eigenvalue weighted by atomic mass is 16.6. The standard InChI is InChI=1S/C34H32N2O3/c1-4-23-20-36(19-22(23)3)25-14-15-28-32(17-25)38-31-16-21(2)30(35-24-10-6-5-7-11-24)18-29(31)34(28)27-13-9-8-12-26(27)33(37)39-34/h5-18,22-23,35H,4,19-20H2,1-3H3. The number of hydrogen-bond acceptors (Lipinski definition) is 5. The van der Waals surface area contributed by atoms with Gasteiger partial charge in [0, 0.05) is 52.9 Å². The van der Waals surface area contributed by atoms with Crippen molar-refractivity contribution < 1.29 is 14.3 Å². The van der Waals surface area contributed by atoms with Crippen molar-refractivity contribution in [2.75, 3.05) is 23.3 Å². The summed E-state index contributed by atoms with van der Waals surface area (Å²) in [5.41, 5.74) is 6.17. The van der Waals surface area contributed by atoms with Gasteiger partial charge in [-0.25, -0.2) is 4.79 Å². The largest absolute Gasteiger partial charge is 0.456 e. The van der Waals surface area contributed by atoms with Gasteiger partial charge in [-0.1, -0.05) is 56.7 Å². The van der Waals surface area contributed by atoms with Gasteiger partial charge in [-0.05, 0) is 66.8 Å². The number of esters is 1. The molecule has 5 heteroatoms. The summed E-state index contributed by atoms with van der Waals surface area (Å²) in [6.07, 6.45) is 1.18. The fourth-order valence-corrected chi connectivity index (χ4v) is 6.59. The third-order valence-corrected chi connectivity index (χ3v) is 8.75. The molecule has 1 saturated heterocycles. The molecule has 3 aliphatic rings. The Morgan fingerprint density at radius 1 is 0.897 bits per heavy atom. The minimum absolute atomic E-state index is 0.314. The molecule has 196 valence electrons. The smallest absolute Gasteiger partial charge is 0.340 e. The highest BCUT2D eigenvalue weighted by molar-refractivity contribution is 5.97. The number of anilines is 3. The molecule has 3 atom stereocenters. The Kier molecular flexibility index (Phi) is 5.44. The van der Waals surface area contributed by atoms with Crippen LogP contribution in [0.4, 0.5) is 17.1 Å². The van der Waals surface area contributed by atoms with E-state index in [4.69, 9.17) is 9.47 Å². The Morgan fingerprint density at radius 3 is 2.46 bits per heavy atom. The second-order valence-corrected chi connectivity index (χ2v) is 11.1. The summed E-state index contributed by atoms with van der Waals surface area (Å²) in [6, 6.07) is 28.3. The van der Waals surface area contributed by atoms with Crippen molar-refractivity contribution in [1.82, 2.24) is 0 Å². The molecule has 3 unspecified atom stereocenters. The molecule has 39 heavy (non-hydrogen) atoms. The third-order valence-electron chi connectivity index (χ3n) is 8.75. The van der Waals surface area contributed by atoms with E-state index in [9.17, 15) is 4.79 Å². The van der Waals surface area contributed by atoms with Crippen molar-refractivity contribution in [2.45, 2.75) is 32.8 Å². The quantitative estimate of drug-likeness (QED) is 0.281. The van der Waals surface area contributed by atoms with E-state index in [1.165, 1.54) is 6.42 Å². The van der Waals surface area contributed by atoms with Crippen LogP contribution < -0.4 is 15.0 Å². The molecule has 0 radical (unpaired) electrons. The fourth-order valence-electron chi connectivity index (χ4n) is 6.59. The molecule has 1 spiro atoms. The van der Waals surface area contributed by atoms with Gasteiger partial charge in [0.1, 0.15) is 11.5 Å². The van der Waals surface area contributed by atoms with Crippen LogP contribution in [0.2, 0.25) is 0 Å². The number of carbonyl (C=O) groups excluding carboxylic acids is 1. The molecule has 0 bridgehead atoms. The van der Waals surface area contributed by atoms with Crippen molar-refractivity contribution in [3.8, 4) is 11.5 Å². The van der Waals surface area contributed by atoms with Crippen LogP contribution in [0, 0.1) is 18.8 Å². The summed E-state index contributed by atoms with van der Waals surface area (Å²) < 4.78 is 13.0. The molecule has 5 nitrogen and oxygen atoms in total. The summed E-state index contributed by atoms with van der Waals surface area (Å²) in [6.45, 7) is 8.76. The van der Waals surface area contributed by atoms with Gasteiger partial charge in [0.25, 0.3) is 0 Å². The summed E-state index contributed by atoms with van der Waals surface area (Å²) >= 11 is 0. The van der Waals surface area contributed by atoms with Gasteiger partial charge < -0.3 is 19.7 Å². The molecule has 0 amide bonds. The molecule has 3 aliphatic heterocycles. The average Bonchev–Trinajstić information content (AvgIpc) is 3.47. The molecule has 0 aromatic heterocycles. The van der Waals surface area contributed by atoms with Gasteiger partial charge in [-0.2, -0.15) is 0 Å². The van der Waals surface area contributed by atoms with Gasteiger partial charge in [0.15, 0.2) is 5.60 Å². The zero-order valence-corrected chi connectivity index (χ0v) is 22.5. The van der Waals surface area contributed by atoms with Crippen LogP contribution in [0.25, 0.3) is 0 Å². The van der Waals surface area contributed by atoms with Gasteiger partial charge in [-0.3, -0.25) is 0 Å². The SMILES string of the molecule is CCC1CN(c2ccc3c(c2)Oc2cc(C)c(Nc4ccccc4)cc2C32OC(=O)c3ccccc32)CC1C. The molecule has 7 rings (SSSR count). The maximum atomic E-state index is 13.3. The van der Waals surface area contributed by atoms with Gasteiger partial charge in [-0.15, -0.1) is 0 Å². The second kappa shape index (κ2) is 8.91. The lowest BCUT2D eigenvalue weighted by Gasteiger charge is -2.37. The Labute approximate surface area is 229 Å². The highest BCUT2D eigenvalue weighted by Gasteiger charge is 2.53. The summed E-state index contributed by atoms with van der Waals surface area (Å²) in [5.74, 6) is 2.47. The van der Waals surface area contributed by atoms with Crippen molar-refractivity contribution >= 4 is 23.0 Å². The van der Waals surface area contributed by atoms with E-state index in [0.29, 0.717) is 23.1 Å². The highest BCUT2D eigenvalue weighted by Crippen LogP contribution is 2.57.